The van der Waals surface area contributed by atoms with Crippen LogP contribution in [-0.2, 0) is 82.5 Å². The monoisotopic (exact) mass is 449 g/mol. The molecule has 0 spiro atoms. The molecule has 0 unspecified atom stereocenters. The van der Waals surface area contributed by atoms with E-state index in [0.717, 1.165) is 0 Å². The Balaban J connectivity index is 0. The smallest absolute Gasteiger partial charge is 0 e. The summed E-state index contributed by atoms with van der Waals surface area (Å²) in [6.07, 6.45) is 0. The third kappa shape index (κ3) is 25.1. The average Bonchev–Trinajstić information content (AvgIpc) is 0. The molecule has 0 bridgehead atoms. The predicted octanol–water partition coefficient (Wildman–Crippen LogP) is -0.0125. The van der Waals surface area contributed by atoms with Crippen LogP contribution in [0.15, 0.2) is 0 Å². The third-order valence-corrected chi connectivity index (χ3v) is 0. The van der Waals surface area contributed by atoms with E-state index in [4.69, 9.17) is 0 Å². The maximum Gasteiger partial charge on any atom is 0 e. The van der Waals surface area contributed by atoms with Gasteiger partial charge in [-0.25, -0.2) is 0 Å². The van der Waals surface area contributed by atoms with Gasteiger partial charge in [-0.2, -0.15) is 0 Å². The van der Waals surface area contributed by atoms with Gasteiger partial charge in [0.15, 0.2) is 0 Å². The van der Waals surface area contributed by atoms with Crippen LogP contribution in [0, 0.1) is 38.6 Å². The first-order valence-corrected chi connectivity index (χ1v) is 0. The average molecular weight is 452 g/mol. The van der Waals surface area contributed by atoms with Crippen molar-refractivity contribution >= 4 is 0 Å². The van der Waals surface area contributed by atoms with Crippen LogP contribution < -0.4 is 0 Å². The second-order valence-corrected chi connectivity index (χ2v) is 0. The van der Waals surface area contributed by atoms with Gasteiger partial charge < -0.3 is 0 Å². The molecule has 0 nitrogen and oxygen atoms in total. The molecule has 0 N–H and O–H groups in total. The van der Waals surface area contributed by atoms with Crippen LogP contribution in [0.5, 0.6) is 0 Å². The largest absolute Gasteiger partial charge is 0 e. The normalized spacial score (nSPS) is 0. The maximum atomic E-state index is 0. The Kier molecular flexibility index (Phi) is 330. The third-order valence-electron chi connectivity index (χ3n) is 0. The van der Waals surface area contributed by atoms with Gasteiger partial charge in [0.05, 0.1) is 0 Å². The van der Waals surface area contributed by atoms with Crippen LogP contribution in [0.1, 0.15) is 0 Å². The summed E-state index contributed by atoms with van der Waals surface area (Å²) in [5.41, 5.74) is 0. The maximum absolute atomic E-state index is 0. The van der Waals surface area contributed by atoms with E-state index in [2.05, 4.69) is 0 Å². The van der Waals surface area contributed by atoms with Gasteiger partial charge in [0, 0.05) is 121 Å². The molecule has 0 saturated heterocycles. The Labute approximate surface area is 119 Å². The van der Waals surface area contributed by atoms with E-state index in [-0.39, 0.29) is 121 Å². The number of hydrogen-bond acceptors (Lipinski definition) is 0. The summed E-state index contributed by atoms with van der Waals surface area (Å²) >= 11 is 0. The van der Waals surface area contributed by atoms with Gasteiger partial charge in [0.2, 0.25) is 0 Å². The molecule has 0 atom stereocenters. The Morgan fingerprint density at radius 2 is 0.333 bits per heavy atom. The Bertz CT molecular complexity index is 3.90. The molecule has 0 aromatic carbocycles. The molecular formula is Ni5Tb. The molecule has 0 aliphatic carbocycles. The van der Waals surface area contributed by atoms with E-state index >= 15 is 0 Å². The van der Waals surface area contributed by atoms with Crippen LogP contribution in [0.2, 0.25) is 0 Å². The van der Waals surface area contributed by atoms with E-state index in [1.165, 1.54) is 0 Å². The Morgan fingerprint density at radius 1 is 0.333 bits per heavy atom. The van der Waals surface area contributed by atoms with Crippen LogP contribution >= 0.6 is 0 Å². The number of rotatable bonds is 0. The second-order valence-electron chi connectivity index (χ2n) is 0. The van der Waals surface area contributed by atoms with Gasteiger partial charge >= 0.3 is 0 Å². The predicted molar refractivity (Wildman–Crippen MR) is 0 cm³/mol. The molecule has 0 aliphatic rings. The standard InChI is InChI=1S/5Ni.Tb. The SMILES string of the molecule is [Ni].[Ni].[Ni].[Ni].[Ni].[Tb]. The summed E-state index contributed by atoms with van der Waals surface area (Å²) in [7, 11) is 0. The minimum Gasteiger partial charge on any atom is 0 e. The van der Waals surface area contributed by atoms with Gasteiger partial charge in [0.1, 0.15) is 0 Å². The van der Waals surface area contributed by atoms with E-state index < -0.39 is 0 Å². The van der Waals surface area contributed by atoms with Crippen LogP contribution in [0.25, 0.3) is 0 Å². The second kappa shape index (κ2) is 37.4. The molecule has 0 saturated carbocycles. The van der Waals surface area contributed by atoms with Crippen LogP contribution in [0.4, 0.5) is 0 Å². The summed E-state index contributed by atoms with van der Waals surface area (Å²) in [6.45, 7) is 0. The molecule has 0 amide bonds. The zero-order valence-electron chi connectivity index (χ0n) is 1.91. The first-order valence-electron chi connectivity index (χ1n) is 0. The molecule has 0 fully saturated rings. The zero-order chi connectivity index (χ0) is 0. The minimum absolute atomic E-state index is 0. The first kappa shape index (κ1) is 53.0. The fourth-order valence-corrected chi connectivity index (χ4v) is 0. The Hall–Kier alpha value is 3.75. The summed E-state index contributed by atoms with van der Waals surface area (Å²) in [5.74, 6) is 0. The van der Waals surface area contributed by atoms with Crippen molar-refractivity contribution < 1.29 is 121 Å². The summed E-state index contributed by atoms with van der Waals surface area (Å²) in [4.78, 5) is 0. The number of hydrogen-bond donors (Lipinski definition) is 0. The van der Waals surface area contributed by atoms with Crippen LogP contribution in [0.3, 0.4) is 0 Å². The van der Waals surface area contributed by atoms with Gasteiger partial charge in [-0.1, -0.05) is 0 Å². The van der Waals surface area contributed by atoms with Gasteiger partial charge in [-0.15, -0.1) is 0 Å². The minimum atomic E-state index is 0. The van der Waals surface area contributed by atoms with Gasteiger partial charge in [-0.05, 0) is 0 Å². The van der Waals surface area contributed by atoms with E-state index in [1.807, 2.05) is 0 Å². The fraction of sp³-hybridized carbons (Fsp3) is 0. The topological polar surface area (TPSA) is 0 Å². The fourth-order valence-electron chi connectivity index (χ4n) is 0. The molecular weight excluding hydrogens is 452 g/mol. The quantitative estimate of drug-likeness (QED) is 0.454. The van der Waals surface area contributed by atoms with Gasteiger partial charge in [-0.3, -0.25) is 0 Å². The van der Waals surface area contributed by atoms with Crippen molar-refractivity contribution in [2.75, 3.05) is 0 Å². The first-order chi connectivity index (χ1) is 0. The van der Waals surface area contributed by atoms with E-state index in [1.54, 1.807) is 0 Å². The molecule has 0 rings (SSSR count). The van der Waals surface area contributed by atoms with Crippen molar-refractivity contribution in [3.63, 3.8) is 0 Å². The summed E-state index contributed by atoms with van der Waals surface area (Å²) < 4.78 is 0. The van der Waals surface area contributed by atoms with Crippen molar-refractivity contribution in [1.82, 2.24) is 0 Å². The zero-order valence-corrected chi connectivity index (χ0v) is 8.99. The molecule has 6 heavy (non-hydrogen) atoms. The molecule has 0 aromatic heterocycles. The molecule has 0 aromatic rings. The summed E-state index contributed by atoms with van der Waals surface area (Å²) in [6, 6.07) is 0. The molecule has 1 radical (unpaired) electrons. The molecule has 0 aliphatic heterocycles. The van der Waals surface area contributed by atoms with E-state index in [9.17, 15) is 0 Å². The van der Waals surface area contributed by atoms with Crippen LogP contribution in [-0.4, -0.2) is 0 Å². The molecule has 0 heterocycles. The van der Waals surface area contributed by atoms with Crippen molar-refractivity contribution in [2.45, 2.75) is 0 Å². The Morgan fingerprint density at radius 3 is 0.333 bits per heavy atom. The van der Waals surface area contributed by atoms with Crippen molar-refractivity contribution in [3.8, 4) is 0 Å². The molecule has 6 heteroatoms. The summed E-state index contributed by atoms with van der Waals surface area (Å²) in [5, 5.41) is 0. The van der Waals surface area contributed by atoms with Crippen molar-refractivity contribution in [3.05, 3.63) is 0 Å². The van der Waals surface area contributed by atoms with Crippen molar-refractivity contribution in [2.24, 2.45) is 0 Å². The van der Waals surface area contributed by atoms with E-state index in [0.29, 0.717) is 0 Å². The van der Waals surface area contributed by atoms with Crippen molar-refractivity contribution in [1.29, 1.82) is 0 Å². The van der Waals surface area contributed by atoms with Gasteiger partial charge in [0.25, 0.3) is 0 Å². The molecule has 59 valence electrons.